The Morgan fingerprint density at radius 1 is 0.892 bits per heavy atom. The number of fused-ring (bicyclic) bond motifs is 2. The quantitative estimate of drug-likeness (QED) is 0.245. The summed E-state index contributed by atoms with van der Waals surface area (Å²) in [5, 5.41) is 6.24. The van der Waals surface area contributed by atoms with Crippen molar-refractivity contribution in [3.05, 3.63) is 95.8 Å². The molecular formula is C32H29NO4. The number of furan rings is 1. The fourth-order valence-corrected chi connectivity index (χ4v) is 4.90. The Kier molecular flexibility index (Phi) is 6.45. The maximum Gasteiger partial charge on any atom is 0.248 e. The number of ether oxygens (including phenoxy) is 2. The first-order chi connectivity index (χ1) is 17.9. The number of anilines is 1. The van der Waals surface area contributed by atoms with Crippen molar-refractivity contribution in [3.63, 3.8) is 0 Å². The van der Waals surface area contributed by atoms with Gasteiger partial charge in [-0.1, -0.05) is 48.5 Å². The summed E-state index contributed by atoms with van der Waals surface area (Å²) in [4.78, 5) is 13.0. The van der Waals surface area contributed by atoms with Gasteiger partial charge in [0.1, 0.15) is 17.1 Å². The molecule has 1 aromatic heterocycles. The zero-order valence-electron chi connectivity index (χ0n) is 21.6. The second kappa shape index (κ2) is 9.86. The number of methoxy groups -OCH3 is 2. The summed E-state index contributed by atoms with van der Waals surface area (Å²) in [7, 11) is 3.22. The number of nitrogens with one attached hydrogen (secondary N) is 1. The average molecular weight is 492 g/mol. The summed E-state index contributed by atoms with van der Waals surface area (Å²) >= 11 is 0. The lowest BCUT2D eigenvalue weighted by Gasteiger charge is -2.14. The Morgan fingerprint density at radius 2 is 1.68 bits per heavy atom. The minimum Gasteiger partial charge on any atom is -0.496 e. The van der Waals surface area contributed by atoms with E-state index in [1.807, 2.05) is 57.2 Å². The van der Waals surface area contributed by atoms with Gasteiger partial charge in [-0.05, 0) is 66.4 Å². The van der Waals surface area contributed by atoms with Gasteiger partial charge in [0.05, 0.1) is 26.2 Å². The lowest BCUT2D eigenvalue weighted by Crippen LogP contribution is -2.10. The van der Waals surface area contributed by atoms with Crippen molar-refractivity contribution in [1.82, 2.24) is 0 Å². The monoisotopic (exact) mass is 491 g/mol. The molecule has 0 spiro atoms. The van der Waals surface area contributed by atoms with Crippen molar-refractivity contribution >= 4 is 38.9 Å². The molecule has 0 saturated carbocycles. The third-order valence-electron chi connectivity index (χ3n) is 6.71. The molecule has 0 atom stereocenters. The van der Waals surface area contributed by atoms with Gasteiger partial charge < -0.3 is 19.2 Å². The van der Waals surface area contributed by atoms with Gasteiger partial charge in [0.15, 0.2) is 0 Å². The molecule has 1 N–H and O–H groups in total. The third kappa shape index (κ3) is 4.45. The molecule has 0 aliphatic carbocycles. The Labute approximate surface area is 216 Å². The van der Waals surface area contributed by atoms with Crippen LogP contribution >= 0.6 is 0 Å². The fraction of sp³-hybridized carbons (Fsp3) is 0.156. The standard InChI is InChI=1S/C32H29NO4/c1-19-13-14-29(35-4)28(15-19)33-30(34)16-20(2)25-17-26-27(18-37-32(26)21(3)31(25)36-5)24-12-8-10-22-9-6-7-11-23(22)24/h6-18H,1-5H3,(H,33,34)/b20-16+. The summed E-state index contributed by atoms with van der Waals surface area (Å²) in [5.74, 6) is 1.04. The predicted octanol–water partition coefficient (Wildman–Crippen LogP) is 7.93. The minimum atomic E-state index is -0.248. The van der Waals surface area contributed by atoms with Gasteiger partial charge in [0.25, 0.3) is 0 Å². The lowest BCUT2D eigenvalue weighted by molar-refractivity contribution is -0.111. The number of benzene rings is 4. The normalized spacial score (nSPS) is 11.6. The van der Waals surface area contributed by atoms with E-state index in [0.29, 0.717) is 17.2 Å². The van der Waals surface area contributed by atoms with Gasteiger partial charge in [-0.15, -0.1) is 0 Å². The maximum absolute atomic E-state index is 13.0. The summed E-state index contributed by atoms with van der Waals surface area (Å²) in [6.45, 7) is 5.86. The van der Waals surface area contributed by atoms with Crippen LogP contribution in [0.5, 0.6) is 11.5 Å². The highest BCUT2D eigenvalue weighted by atomic mass is 16.5. The van der Waals surface area contributed by atoms with Gasteiger partial charge >= 0.3 is 0 Å². The van der Waals surface area contributed by atoms with Crippen molar-refractivity contribution < 1.29 is 18.7 Å². The number of amides is 1. The molecule has 5 nitrogen and oxygen atoms in total. The van der Waals surface area contributed by atoms with Gasteiger partial charge in [0, 0.05) is 28.2 Å². The number of rotatable bonds is 6. The number of carbonyl (C=O) groups excluding carboxylic acids is 1. The summed E-state index contributed by atoms with van der Waals surface area (Å²) in [6.07, 6.45) is 3.39. The van der Waals surface area contributed by atoms with E-state index in [0.717, 1.165) is 49.7 Å². The van der Waals surface area contributed by atoms with Crippen molar-refractivity contribution in [1.29, 1.82) is 0 Å². The highest BCUT2D eigenvalue weighted by Gasteiger charge is 2.20. The van der Waals surface area contributed by atoms with Crippen molar-refractivity contribution in [3.8, 4) is 22.6 Å². The number of aryl methyl sites for hydroxylation is 2. The van der Waals surface area contributed by atoms with E-state index >= 15 is 0 Å². The Balaban J connectivity index is 1.60. The molecule has 1 heterocycles. The van der Waals surface area contributed by atoms with Crippen LogP contribution in [-0.4, -0.2) is 20.1 Å². The molecule has 4 aromatic carbocycles. The van der Waals surface area contributed by atoms with Gasteiger partial charge in [-0.3, -0.25) is 4.79 Å². The molecular weight excluding hydrogens is 462 g/mol. The minimum absolute atomic E-state index is 0.248. The van der Waals surface area contributed by atoms with E-state index < -0.39 is 0 Å². The predicted molar refractivity (Wildman–Crippen MR) is 150 cm³/mol. The fourth-order valence-electron chi connectivity index (χ4n) is 4.90. The largest absolute Gasteiger partial charge is 0.496 e. The lowest BCUT2D eigenvalue weighted by atomic mass is 9.94. The second-order valence-corrected chi connectivity index (χ2v) is 9.16. The van der Waals surface area contributed by atoms with Crippen LogP contribution in [0.1, 0.15) is 23.6 Å². The van der Waals surface area contributed by atoms with Crippen LogP contribution in [0.25, 0.3) is 38.4 Å². The van der Waals surface area contributed by atoms with Crippen LogP contribution in [0.3, 0.4) is 0 Å². The third-order valence-corrected chi connectivity index (χ3v) is 6.71. The smallest absolute Gasteiger partial charge is 0.248 e. The van der Waals surface area contributed by atoms with Crippen LogP contribution in [0, 0.1) is 13.8 Å². The highest BCUT2D eigenvalue weighted by molar-refractivity contribution is 6.08. The van der Waals surface area contributed by atoms with E-state index in [9.17, 15) is 4.79 Å². The molecule has 0 bridgehead atoms. The molecule has 37 heavy (non-hydrogen) atoms. The molecule has 5 heteroatoms. The summed E-state index contributed by atoms with van der Waals surface area (Å²) in [5.41, 5.74) is 7.01. The zero-order valence-corrected chi connectivity index (χ0v) is 21.6. The molecule has 0 saturated heterocycles. The second-order valence-electron chi connectivity index (χ2n) is 9.16. The SMILES string of the molecule is COc1ccc(C)cc1NC(=O)/C=C(\C)c1cc2c(-c3cccc4ccccc34)coc2c(C)c1OC. The molecule has 5 aromatic rings. The van der Waals surface area contributed by atoms with E-state index in [1.54, 1.807) is 26.6 Å². The Morgan fingerprint density at radius 3 is 2.46 bits per heavy atom. The molecule has 1 amide bonds. The van der Waals surface area contributed by atoms with Crippen LogP contribution in [0.4, 0.5) is 5.69 Å². The van der Waals surface area contributed by atoms with Gasteiger partial charge in [-0.2, -0.15) is 0 Å². The van der Waals surface area contributed by atoms with E-state index in [2.05, 4.69) is 35.6 Å². The van der Waals surface area contributed by atoms with E-state index in [4.69, 9.17) is 13.9 Å². The topological polar surface area (TPSA) is 60.7 Å². The molecule has 0 radical (unpaired) electrons. The average Bonchev–Trinajstić information content (AvgIpc) is 3.32. The molecule has 0 unspecified atom stereocenters. The number of carbonyl (C=O) groups is 1. The first-order valence-corrected chi connectivity index (χ1v) is 12.1. The van der Waals surface area contributed by atoms with Crippen LogP contribution in [0.2, 0.25) is 0 Å². The maximum atomic E-state index is 13.0. The molecule has 186 valence electrons. The van der Waals surface area contributed by atoms with Crippen molar-refractivity contribution in [2.24, 2.45) is 0 Å². The first kappa shape index (κ1) is 24.2. The van der Waals surface area contributed by atoms with E-state index in [-0.39, 0.29) is 5.91 Å². The molecule has 0 aliphatic heterocycles. The summed E-state index contributed by atoms with van der Waals surface area (Å²) in [6, 6.07) is 22.3. The Bertz CT molecular complexity index is 1670. The van der Waals surface area contributed by atoms with Crippen LogP contribution < -0.4 is 14.8 Å². The zero-order chi connectivity index (χ0) is 26.1. The van der Waals surface area contributed by atoms with Crippen LogP contribution in [-0.2, 0) is 4.79 Å². The molecule has 5 rings (SSSR count). The molecule has 0 fully saturated rings. The van der Waals surface area contributed by atoms with E-state index in [1.165, 1.54) is 5.39 Å². The molecule has 0 aliphatic rings. The number of hydrogen-bond acceptors (Lipinski definition) is 4. The number of hydrogen-bond donors (Lipinski definition) is 1. The van der Waals surface area contributed by atoms with Crippen molar-refractivity contribution in [2.45, 2.75) is 20.8 Å². The summed E-state index contributed by atoms with van der Waals surface area (Å²) < 4.78 is 17.3. The van der Waals surface area contributed by atoms with Crippen LogP contribution in [0.15, 0.2) is 83.5 Å². The first-order valence-electron chi connectivity index (χ1n) is 12.1. The Hall–Kier alpha value is -4.51. The van der Waals surface area contributed by atoms with Gasteiger partial charge in [-0.25, -0.2) is 0 Å². The highest BCUT2D eigenvalue weighted by Crippen LogP contribution is 2.42. The number of allylic oxidation sites excluding steroid dienone is 1. The van der Waals surface area contributed by atoms with Gasteiger partial charge in [0.2, 0.25) is 5.91 Å². The van der Waals surface area contributed by atoms with Crippen molar-refractivity contribution in [2.75, 3.05) is 19.5 Å².